The lowest BCUT2D eigenvalue weighted by molar-refractivity contribution is 0.604. The van der Waals surface area contributed by atoms with Gasteiger partial charge in [-0.05, 0) is 37.1 Å². The Hall–Kier alpha value is -1.20. The molecule has 1 unspecified atom stereocenters. The Kier molecular flexibility index (Phi) is 2.59. The monoisotopic (exact) mass is 241 g/mol. The van der Waals surface area contributed by atoms with Gasteiger partial charge in [0.15, 0.2) is 0 Å². The Morgan fingerprint density at radius 1 is 1.44 bits per heavy atom. The third-order valence-corrected chi connectivity index (χ3v) is 4.00. The molecule has 0 saturated heterocycles. The number of sulfone groups is 1. The lowest BCUT2D eigenvalue weighted by atomic mass is 10.0. The summed E-state index contributed by atoms with van der Waals surface area (Å²) >= 11 is 0. The zero-order chi connectivity index (χ0) is 11.9. The van der Waals surface area contributed by atoms with Gasteiger partial charge in [-0.2, -0.15) is 0 Å². The van der Waals surface area contributed by atoms with Gasteiger partial charge in [0, 0.05) is 17.0 Å². The van der Waals surface area contributed by atoms with Crippen LogP contribution in [0, 0.1) is 5.82 Å². The molecule has 2 N–H and O–H groups in total. The van der Waals surface area contributed by atoms with Crippen molar-refractivity contribution in [1.29, 1.82) is 0 Å². The van der Waals surface area contributed by atoms with E-state index in [-0.39, 0.29) is 10.9 Å². The predicted octanol–water partition coefficient (Wildman–Crippen LogP) is 1.69. The van der Waals surface area contributed by atoms with Gasteiger partial charge in [-0.15, -0.1) is 0 Å². The predicted molar refractivity (Wildman–Crippen MR) is 59.8 cm³/mol. The molecular weight excluding hydrogens is 229 g/mol. The first-order valence-electron chi connectivity index (χ1n) is 4.91. The maximum Gasteiger partial charge on any atom is 0.200 e. The summed E-state index contributed by atoms with van der Waals surface area (Å²) in [6.07, 6.45) is 0.426. The van der Waals surface area contributed by atoms with Crippen molar-refractivity contribution in [2.24, 2.45) is 5.73 Å². The minimum Gasteiger partial charge on any atom is -0.328 e. The highest BCUT2D eigenvalue weighted by molar-refractivity contribution is 7.95. The highest BCUT2D eigenvalue weighted by atomic mass is 32.2. The standard InChI is InChI=1S/C11H12FNO2S/c1-7(13)4-8-6-16(14,15)11-3-2-9(12)5-10(8)11/h2-3,5-7H,4,13H2,1H3. The molecule has 1 aliphatic rings. The average Bonchev–Trinajstić information content (AvgIpc) is 2.37. The average molecular weight is 241 g/mol. The quantitative estimate of drug-likeness (QED) is 0.801. The van der Waals surface area contributed by atoms with Crippen molar-refractivity contribution >= 4 is 15.4 Å². The van der Waals surface area contributed by atoms with Gasteiger partial charge in [0.2, 0.25) is 9.84 Å². The van der Waals surface area contributed by atoms with Crippen LogP contribution in [0.5, 0.6) is 0 Å². The lowest BCUT2D eigenvalue weighted by Gasteiger charge is -2.07. The van der Waals surface area contributed by atoms with E-state index in [1.165, 1.54) is 17.5 Å². The summed E-state index contributed by atoms with van der Waals surface area (Å²) in [5.41, 5.74) is 6.66. The summed E-state index contributed by atoms with van der Waals surface area (Å²) in [5.74, 6) is -0.438. The Morgan fingerprint density at radius 2 is 2.12 bits per heavy atom. The van der Waals surface area contributed by atoms with Gasteiger partial charge in [0.05, 0.1) is 4.90 Å². The number of halogens is 1. The fourth-order valence-electron chi connectivity index (χ4n) is 1.82. The molecule has 0 amide bonds. The first-order valence-corrected chi connectivity index (χ1v) is 6.46. The molecule has 0 bridgehead atoms. The number of rotatable bonds is 2. The molecule has 0 spiro atoms. The van der Waals surface area contributed by atoms with E-state index in [0.29, 0.717) is 17.6 Å². The van der Waals surface area contributed by atoms with Crippen LogP contribution in [0.2, 0.25) is 0 Å². The van der Waals surface area contributed by atoms with Gasteiger partial charge in [-0.3, -0.25) is 0 Å². The van der Waals surface area contributed by atoms with Gasteiger partial charge in [0.25, 0.3) is 0 Å². The first-order chi connectivity index (χ1) is 7.40. The molecule has 2 rings (SSSR count). The Bertz CT molecular complexity index is 561. The number of hydrogen-bond acceptors (Lipinski definition) is 3. The van der Waals surface area contributed by atoms with Crippen LogP contribution >= 0.6 is 0 Å². The van der Waals surface area contributed by atoms with E-state index >= 15 is 0 Å². The van der Waals surface area contributed by atoms with Crippen molar-refractivity contribution in [2.45, 2.75) is 24.3 Å². The normalized spacial score (nSPS) is 19.1. The second-order valence-electron chi connectivity index (χ2n) is 4.01. The minimum atomic E-state index is -3.40. The van der Waals surface area contributed by atoms with E-state index in [2.05, 4.69) is 0 Å². The molecular formula is C11H12FNO2S. The highest BCUT2D eigenvalue weighted by Gasteiger charge is 2.27. The van der Waals surface area contributed by atoms with Crippen molar-refractivity contribution in [1.82, 2.24) is 0 Å². The van der Waals surface area contributed by atoms with Gasteiger partial charge in [-0.1, -0.05) is 0 Å². The van der Waals surface area contributed by atoms with Crippen LogP contribution in [-0.4, -0.2) is 14.5 Å². The van der Waals surface area contributed by atoms with E-state index in [9.17, 15) is 12.8 Å². The van der Waals surface area contributed by atoms with E-state index in [1.54, 1.807) is 6.92 Å². The van der Waals surface area contributed by atoms with Crippen LogP contribution in [-0.2, 0) is 9.84 Å². The SMILES string of the molecule is CC(N)CC1=CS(=O)(=O)c2ccc(F)cc21. The smallest absolute Gasteiger partial charge is 0.200 e. The largest absolute Gasteiger partial charge is 0.328 e. The summed E-state index contributed by atoms with van der Waals surface area (Å²) in [7, 11) is -3.40. The van der Waals surface area contributed by atoms with E-state index in [4.69, 9.17) is 5.73 Å². The van der Waals surface area contributed by atoms with E-state index in [0.717, 1.165) is 6.07 Å². The molecule has 1 heterocycles. The minimum absolute atomic E-state index is 0.157. The highest BCUT2D eigenvalue weighted by Crippen LogP contribution is 2.35. The molecule has 0 aromatic heterocycles. The fraction of sp³-hybridized carbons (Fsp3) is 0.273. The fourth-order valence-corrected chi connectivity index (χ4v) is 3.30. The maximum absolute atomic E-state index is 13.1. The van der Waals surface area contributed by atoms with Crippen molar-refractivity contribution in [2.75, 3.05) is 0 Å². The van der Waals surface area contributed by atoms with Crippen LogP contribution in [0.3, 0.4) is 0 Å². The Labute approximate surface area is 93.7 Å². The molecule has 5 heteroatoms. The first kappa shape index (κ1) is 11.3. The lowest BCUT2D eigenvalue weighted by Crippen LogP contribution is -2.14. The van der Waals surface area contributed by atoms with Crippen molar-refractivity contribution in [3.8, 4) is 0 Å². The molecule has 0 aliphatic carbocycles. The number of fused-ring (bicyclic) bond motifs is 1. The summed E-state index contributed by atoms with van der Waals surface area (Å²) in [5, 5.41) is 1.18. The molecule has 3 nitrogen and oxygen atoms in total. The molecule has 16 heavy (non-hydrogen) atoms. The topological polar surface area (TPSA) is 60.2 Å². The second-order valence-corrected chi connectivity index (χ2v) is 5.78. The molecule has 0 fully saturated rings. The zero-order valence-electron chi connectivity index (χ0n) is 8.77. The van der Waals surface area contributed by atoms with Gasteiger partial charge >= 0.3 is 0 Å². The van der Waals surface area contributed by atoms with Gasteiger partial charge in [0.1, 0.15) is 5.82 Å². The van der Waals surface area contributed by atoms with Crippen molar-refractivity contribution < 1.29 is 12.8 Å². The molecule has 1 aromatic carbocycles. The maximum atomic E-state index is 13.1. The summed E-state index contributed by atoms with van der Waals surface area (Å²) < 4.78 is 36.5. The third kappa shape index (κ3) is 1.88. The van der Waals surface area contributed by atoms with Crippen LogP contribution in [0.4, 0.5) is 4.39 Å². The molecule has 0 radical (unpaired) electrons. The van der Waals surface area contributed by atoms with E-state index < -0.39 is 15.7 Å². The third-order valence-electron chi connectivity index (χ3n) is 2.43. The Morgan fingerprint density at radius 3 is 2.75 bits per heavy atom. The number of benzene rings is 1. The summed E-state index contributed by atoms with van der Waals surface area (Å²) in [6, 6.07) is 3.54. The van der Waals surface area contributed by atoms with Crippen molar-refractivity contribution in [3.05, 3.63) is 35.0 Å². The number of hydrogen-bond donors (Lipinski definition) is 1. The van der Waals surface area contributed by atoms with Crippen LogP contribution < -0.4 is 5.73 Å². The van der Waals surface area contributed by atoms with Gasteiger partial charge in [-0.25, -0.2) is 12.8 Å². The Balaban J connectivity index is 2.57. The van der Waals surface area contributed by atoms with Crippen molar-refractivity contribution in [3.63, 3.8) is 0 Å². The second kappa shape index (κ2) is 3.68. The summed E-state index contributed by atoms with van der Waals surface area (Å²) in [6.45, 7) is 1.78. The molecule has 0 saturated carbocycles. The molecule has 1 aliphatic heterocycles. The summed E-state index contributed by atoms with van der Waals surface area (Å²) in [4.78, 5) is 0.171. The van der Waals surface area contributed by atoms with E-state index in [1.807, 2.05) is 0 Å². The zero-order valence-corrected chi connectivity index (χ0v) is 9.59. The van der Waals surface area contributed by atoms with Crippen LogP contribution in [0.15, 0.2) is 28.5 Å². The van der Waals surface area contributed by atoms with Gasteiger partial charge < -0.3 is 5.73 Å². The molecule has 86 valence electrons. The molecule has 1 aromatic rings. The van der Waals surface area contributed by atoms with Crippen LogP contribution in [0.25, 0.3) is 5.57 Å². The molecule has 1 atom stereocenters. The van der Waals surface area contributed by atoms with Crippen LogP contribution in [0.1, 0.15) is 18.9 Å². The number of nitrogens with two attached hydrogens (primary N) is 1.